The van der Waals surface area contributed by atoms with Crippen LogP contribution < -0.4 is 4.74 Å². The molecule has 5 rings (SSSR count). The van der Waals surface area contributed by atoms with E-state index in [2.05, 4.69) is 4.98 Å². The normalized spacial score (nSPS) is 20.8. The van der Waals surface area contributed by atoms with Crippen LogP contribution in [0.1, 0.15) is 30.0 Å². The van der Waals surface area contributed by atoms with E-state index in [0.29, 0.717) is 19.4 Å². The van der Waals surface area contributed by atoms with E-state index in [4.69, 9.17) is 9.72 Å². The molecular formula is C24H23N3O3. The minimum Gasteiger partial charge on any atom is -0.489 e. The number of imidazole rings is 1. The van der Waals surface area contributed by atoms with Crippen molar-refractivity contribution in [2.45, 2.75) is 31.0 Å². The summed E-state index contributed by atoms with van der Waals surface area (Å²) in [5.74, 6) is 1.70. The minimum atomic E-state index is -0.992. The Bertz CT molecular complexity index is 1170. The third-order valence-corrected chi connectivity index (χ3v) is 5.75. The first-order valence-corrected chi connectivity index (χ1v) is 10.1. The highest BCUT2D eigenvalue weighted by Gasteiger charge is 2.44. The van der Waals surface area contributed by atoms with E-state index in [1.807, 2.05) is 65.2 Å². The lowest BCUT2D eigenvalue weighted by molar-refractivity contribution is -0.0870. The first-order valence-electron chi connectivity index (χ1n) is 10.1. The van der Waals surface area contributed by atoms with Crippen LogP contribution >= 0.6 is 0 Å². The molecule has 30 heavy (non-hydrogen) atoms. The highest BCUT2D eigenvalue weighted by atomic mass is 16.5. The van der Waals surface area contributed by atoms with Crippen molar-refractivity contribution in [1.29, 1.82) is 0 Å². The van der Waals surface area contributed by atoms with Gasteiger partial charge in [-0.15, -0.1) is 0 Å². The van der Waals surface area contributed by atoms with E-state index in [-0.39, 0.29) is 12.5 Å². The smallest absolute Gasteiger partial charge is 0.145 e. The van der Waals surface area contributed by atoms with Gasteiger partial charge in [0.25, 0.3) is 0 Å². The molecular weight excluding hydrogens is 378 g/mol. The number of ether oxygens (including phenoxy) is 1. The van der Waals surface area contributed by atoms with Crippen LogP contribution in [-0.2, 0) is 6.61 Å². The van der Waals surface area contributed by atoms with Crippen LogP contribution in [0.5, 0.6) is 5.75 Å². The van der Waals surface area contributed by atoms with Crippen molar-refractivity contribution >= 4 is 5.52 Å². The monoisotopic (exact) mass is 401 g/mol. The molecule has 0 atom stereocenters. The molecule has 152 valence electrons. The van der Waals surface area contributed by atoms with Crippen molar-refractivity contribution in [1.82, 2.24) is 14.4 Å². The van der Waals surface area contributed by atoms with Crippen molar-refractivity contribution in [3.8, 4) is 17.1 Å². The Morgan fingerprint density at radius 3 is 2.73 bits per heavy atom. The fourth-order valence-electron chi connectivity index (χ4n) is 4.11. The summed E-state index contributed by atoms with van der Waals surface area (Å²) in [7, 11) is 0. The Labute approximate surface area is 174 Å². The topological polar surface area (TPSA) is 79.9 Å². The predicted octanol–water partition coefficient (Wildman–Crippen LogP) is 3.58. The van der Waals surface area contributed by atoms with Gasteiger partial charge in [-0.3, -0.25) is 9.38 Å². The number of aliphatic hydroxyl groups is 2. The summed E-state index contributed by atoms with van der Waals surface area (Å²) in [6.07, 6.45) is 6.45. The SMILES string of the molecule is OCC1(O)CC(c2nc(-c3cccc(OCc4ccccc4)c3)n3ccncc23)C1. The summed E-state index contributed by atoms with van der Waals surface area (Å²) in [5, 5.41) is 19.6. The maximum Gasteiger partial charge on any atom is 0.145 e. The van der Waals surface area contributed by atoms with E-state index in [1.54, 1.807) is 12.4 Å². The minimum absolute atomic E-state index is 0.104. The largest absolute Gasteiger partial charge is 0.489 e. The van der Waals surface area contributed by atoms with Crippen molar-refractivity contribution in [3.63, 3.8) is 0 Å². The van der Waals surface area contributed by atoms with Gasteiger partial charge in [0.1, 0.15) is 18.2 Å². The second kappa shape index (κ2) is 7.55. The van der Waals surface area contributed by atoms with Crippen LogP contribution in [-0.4, -0.2) is 36.8 Å². The van der Waals surface area contributed by atoms with Crippen molar-refractivity contribution in [3.05, 3.63) is 84.4 Å². The second-order valence-electron chi connectivity index (χ2n) is 7.94. The Balaban J connectivity index is 1.45. The van der Waals surface area contributed by atoms with Crippen LogP contribution in [0, 0.1) is 0 Å². The van der Waals surface area contributed by atoms with Gasteiger partial charge in [0.15, 0.2) is 0 Å². The van der Waals surface area contributed by atoms with Crippen LogP contribution in [0.4, 0.5) is 0 Å². The number of benzene rings is 2. The third-order valence-electron chi connectivity index (χ3n) is 5.75. The zero-order valence-electron chi connectivity index (χ0n) is 16.5. The molecule has 0 bridgehead atoms. The molecule has 0 spiro atoms. The lowest BCUT2D eigenvalue weighted by atomic mass is 9.70. The Kier molecular flexibility index (Phi) is 4.73. The zero-order chi connectivity index (χ0) is 20.6. The van der Waals surface area contributed by atoms with Crippen molar-refractivity contribution in [2.24, 2.45) is 0 Å². The van der Waals surface area contributed by atoms with Crippen molar-refractivity contribution < 1.29 is 14.9 Å². The Morgan fingerprint density at radius 1 is 1.10 bits per heavy atom. The molecule has 6 heteroatoms. The maximum absolute atomic E-state index is 10.2. The van der Waals surface area contributed by atoms with Gasteiger partial charge in [-0.1, -0.05) is 42.5 Å². The van der Waals surface area contributed by atoms with Gasteiger partial charge < -0.3 is 14.9 Å². The van der Waals surface area contributed by atoms with Gasteiger partial charge in [-0.25, -0.2) is 4.98 Å². The molecule has 0 saturated heterocycles. The molecule has 0 unspecified atom stereocenters. The third kappa shape index (κ3) is 3.44. The molecule has 1 aliphatic rings. The molecule has 2 aromatic carbocycles. The van der Waals surface area contributed by atoms with Gasteiger partial charge in [0.05, 0.1) is 29.6 Å². The van der Waals surface area contributed by atoms with Crippen LogP contribution in [0.2, 0.25) is 0 Å². The fraction of sp³-hybridized carbons (Fsp3) is 0.250. The Morgan fingerprint density at radius 2 is 1.93 bits per heavy atom. The van der Waals surface area contributed by atoms with Gasteiger partial charge in [-0.05, 0) is 30.5 Å². The number of aliphatic hydroxyl groups excluding tert-OH is 1. The van der Waals surface area contributed by atoms with E-state index >= 15 is 0 Å². The standard InChI is InChI=1S/C24H23N3O3/c28-16-24(29)12-19(13-24)22-21-14-25-9-10-27(21)23(26-22)18-7-4-8-20(11-18)30-15-17-5-2-1-3-6-17/h1-11,14,19,28-29H,12-13,15-16H2. The first kappa shape index (κ1) is 18.8. The van der Waals surface area contributed by atoms with Gasteiger partial charge in [0.2, 0.25) is 0 Å². The summed E-state index contributed by atoms with van der Waals surface area (Å²) in [4.78, 5) is 9.18. The average Bonchev–Trinajstić information content (AvgIpc) is 3.16. The zero-order valence-corrected chi connectivity index (χ0v) is 16.5. The molecule has 2 N–H and O–H groups in total. The van der Waals surface area contributed by atoms with Gasteiger partial charge >= 0.3 is 0 Å². The van der Waals surface area contributed by atoms with Crippen LogP contribution in [0.15, 0.2) is 73.2 Å². The summed E-state index contributed by atoms with van der Waals surface area (Å²) in [6, 6.07) is 18.0. The number of hydrogen-bond donors (Lipinski definition) is 2. The highest BCUT2D eigenvalue weighted by molar-refractivity contribution is 5.67. The predicted molar refractivity (Wildman–Crippen MR) is 113 cm³/mol. The average molecular weight is 401 g/mol. The summed E-state index contributed by atoms with van der Waals surface area (Å²) in [6.45, 7) is 0.283. The maximum atomic E-state index is 10.2. The first-order chi connectivity index (χ1) is 14.6. The van der Waals surface area contributed by atoms with Crippen molar-refractivity contribution in [2.75, 3.05) is 6.61 Å². The van der Waals surface area contributed by atoms with Gasteiger partial charge in [-0.2, -0.15) is 0 Å². The number of aromatic nitrogens is 3. The molecule has 1 aliphatic carbocycles. The fourth-order valence-corrected chi connectivity index (χ4v) is 4.11. The highest BCUT2D eigenvalue weighted by Crippen LogP contribution is 2.45. The number of rotatable bonds is 6. The lowest BCUT2D eigenvalue weighted by Gasteiger charge is -2.41. The molecule has 2 aromatic heterocycles. The van der Waals surface area contributed by atoms with E-state index < -0.39 is 5.60 Å². The molecule has 6 nitrogen and oxygen atoms in total. The summed E-state index contributed by atoms with van der Waals surface area (Å²) >= 11 is 0. The molecule has 0 amide bonds. The van der Waals surface area contributed by atoms with E-state index in [1.165, 1.54) is 0 Å². The van der Waals surface area contributed by atoms with Crippen LogP contribution in [0.3, 0.4) is 0 Å². The second-order valence-corrected chi connectivity index (χ2v) is 7.94. The number of hydrogen-bond acceptors (Lipinski definition) is 5. The molecule has 1 saturated carbocycles. The van der Waals surface area contributed by atoms with Crippen LogP contribution in [0.25, 0.3) is 16.9 Å². The molecule has 0 aliphatic heterocycles. The number of nitrogens with zero attached hydrogens (tertiary/aromatic N) is 3. The quantitative estimate of drug-likeness (QED) is 0.516. The number of fused-ring (bicyclic) bond motifs is 1. The van der Waals surface area contributed by atoms with Gasteiger partial charge in [0, 0.05) is 23.9 Å². The molecule has 0 radical (unpaired) electrons. The summed E-state index contributed by atoms with van der Waals surface area (Å²) < 4.78 is 8.01. The Hall–Kier alpha value is -3.22. The molecule has 4 aromatic rings. The summed E-state index contributed by atoms with van der Waals surface area (Å²) in [5.41, 5.74) is 2.90. The van der Waals surface area contributed by atoms with E-state index in [0.717, 1.165) is 33.9 Å². The molecule has 1 fully saturated rings. The van der Waals surface area contributed by atoms with E-state index in [9.17, 15) is 10.2 Å². The lowest BCUT2D eigenvalue weighted by Crippen LogP contribution is -2.45. The molecule has 2 heterocycles.